The third kappa shape index (κ3) is 23.8. The third-order valence-electron chi connectivity index (χ3n) is 19.0. The van der Waals surface area contributed by atoms with Crippen LogP contribution >= 0.6 is 0 Å². The SMILES string of the molecule is C/C=C/C[C@@H](C)[C@@H](O)[C@H]1C(=O)N[C@@H](CC)C(=O)N2CC(OCCOC(=O)N3CCOCC3)C[C@@H]2C(=O)N(C)[C@@H](CC(C)C)C(=O)N[C@@H](C(C)C)C(=O)N(C)[C@@H](CC(C)C)C(=O)N[C@@H](C)C(=O)N[C@H](C)C(=O)N(C)[C@@H](CC(C)C)C(=O)N(C)[C@@H](CC(C)C)C(=O)N(C)[C@@H](C(C)C)C(=O)N1C. The van der Waals surface area contributed by atoms with Gasteiger partial charge in [0, 0.05) is 68.3 Å². The van der Waals surface area contributed by atoms with Crippen LogP contribution in [0.25, 0.3) is 0 Å². The van der Waals surface area contributed by atoms with Crippen LogP contribution in [-0.4, -0.2) is 282 Å². The van der Waals surface area contributed by atoms with E-state index in [0.717, 1.165) is 4.90 Å². The van der Waals surface area contributed by atoms with Gasteiger partial charge in [0.25, 0.3) is 0 Å². The first kappa shape index (κ1) is 86.3. The number of nitrogens with zero attached hydrogens (tertiary/aromatic N) is 8. The quantitative estimate of drug-likeness (QED) is 0.0915. The number of aliphatic hydroxyl groups excluding tert-OH is 1. The minimum Gasteiger partial charge on any atom is -0.447 e. The topological polar surface area (TPSA) is 327 Å². The number of ether oxygens (including phenoxy) is 3. The maximum Gasteiger partial charge on any atom is 0.409 e. The zero-order valence-electron chi connectivity index (χ0n) is 63.7. The molecular formula is C71H124N12O16. The Morgan fingerprint density at radius 1 is 0.535 bits per heavy atom. The van der Waals surface area contributed by atoms with Gasteiger partial charge in [-0.3, -0.25) is 52.7 Å². The van der Waals surface area contributed by atoms with Gasteiger partial charge in [-0.1, -0.05) is 109 Å². The lowest BCUT2D eigenvalue weighted by molar-refractivity contribution is -0.157. The molecule has 5 N–H and O–H groups in total. The smallest absolute Gasteiger partial charge is 0.409 e. The van der Waals surface area contributed by atoms with E-state index in [9.17, 15) is 29.1 Å². The standard InChI is InChI=1S/C71H124N12O16/c1-24-26-27-46(15)59(84)58-63(88)74-50(25-2)65(90)83-39-49(98-32-33-99-71(96)82-28-30-97-31-29-82)38-55(83)68(93)76(18)52(35-41(5)6)62(87)75-56(44(11)12)69(94)77(19)51(34-40(3)4)61(86)72-47(16)60(85)73-48(17)64(89)78(20)53(36-42(7)8)66(91)79(21)54(37-43(9)10)67(92)80(22)57(45(13)14)70(95)81(58)23/h24,26,40-59,84H,25,27-39H2,1-23H3,(H,72,86)(H,73,85)(H,74,88)(H,75,87)/b26-24+/t46-,47+,48-,49?,50+,51+,52+,53+,54+,55-,56+,57+,58+,59-/m1/s1. The normalized spacial score (nSPS) is 27.7. The molecule has 0 radical (unpaired) electrons. The zero-order chi connectivity index (χ0) is 75.4. The van der Waals surface area contributed by atoms with E-state index in [2.05, 4.69) is 21.3 Å². The van der Waals surface area contributed by atoms with Crippen LogP contribution < -0.4 is 21.3 Å². The number of aliphatic hydroxyl groups is 1. The number of amides is 12. The Balaban J connectivity index is 2.38. The lowest BCUT2D eigenvalue weighted by atomic mass is 9.91. The van der Waals surface area contributed by atoms with E-state index >= 15 is 33.6 Å². The van der Waals surface area contributed by atoms with Gasteiger partial charge in [-0.2, -0.15) is 0 Å². The minimum atomic E-state index is -1.69. The van der Waals surface area contributed by atoms with E-state index in [-0.39, 0.29) is 88.4 Å². The summed E-state index contributed by atoms with van der Waals surface area (Å²) < 4.78 is 17.1. The average Bonchev–Trinajstić information content (AvgIpc) is 1.78. The molecule has 3 heterocycles. The van der Waals surface area contributed by atoms with Crippen molar-refractivity contribution < 1.29 is 76.9 Å². The van der Waals surface area contributed by atoms with Crippen LogP contribution in [0, 0.1) is 41.4 Å². The summed E-state index contributed by atoms with van der Waals surface area (Å²) in [5.41, 5.74) is 0. The van der Waals surface area contributed by atoms with Crippen LogP contribution in [0.3, 0.4) is 0 Å². The van der Waals surface area contributed by atoms with E-state index in [4.69, 9.17) is 14.2 Å². The summed E-state index contributed by atoms with van der Waals surface area (Å²) in [6.07, 6.45) is 1.16. The number of hydrogen-bond acceptors (Lipinski definition) is 16. The van der Waals surface area contributed by atoms with Crippen molar-refractivity contribution in [1.29, 1.82) is 0 Å². The van der Waals surface area contributed by atoms with Gasteiger partial charge in [0.05, 0.1) is 32.0 Å². The van der Waals surface area contributed by atoms with E-state index in [1.807, 2.05) is 55.4 Å². The number of carbonyl (C=O) groups excluding carboxylic acids is 12. The van der Waals surface area contributed by atoms with Crippen molar-refractivity contribution >= 4 is 71.1 Å². The summed E-state index contributed by atoms with van der Waals surface area (Å²) >= 11 is 0. The van der Waals surface area contributed by atoms with E-state index < -0.39 is 167 Å². The zero-order valence-corrected chi connectivity index (χ0v) is 63.7. The Labute approximate surface area is 589 Å². The maximum absolute atomic E-state index is 15.4. The highest BCUT2D eigenvalue weighted by Crippen LogP contribution is 2.29. The van der Waals surface area contributed by atoms with Crippen LogP contribution in [0.15, 0.2) is 12.2 Å². The first-order valence-electron chi connectivity index (χ1n) is 35.7. The Kier molecular flexibility index (Phi) is 34.8. The van der Waals surface area contributed by atoms with Crippen LogP contribution in [0.2, 0.25) is 0 Å². The Bertz CT molecular complexity index is 2780. The number of allylic oxidation sites excluding steroid dienone is 2. The van der Waals surface area contributed by atoms with Gasteiger partial charge in [-0.15, -0.1) is 0 Å². The molecule has 3 saturated heterocycles. The number of carbonyl (C=O) groups is 12. The van der Waals surface area contributed by atoms with E-state index in [1.54, 1.807) is 60.6 Å². The van der Waals surface area contributed by atoms with Crippen molar-refractivity contribution in [2.75, 3.05) is 88.3 Å². The molecule has 3 rings (SSSR count). The summed E-state index contributed by atoms with van der Waals surface area (Å²) in [5, 5.41) is 23.5. The van der Waals surface area contributed by atoms with Crippen molar-refractivity contribution in [3.63, 3.8) is 0 Å². The monoisotopic (exact) mass is 1400 g/mol. The highest BCUT2D eigenvalue weighted by Gasteiger charge is 2.49. The van der Waals surface area contributed by atoms with Gasteiger partial charge >= 0.3 is 6.09 Å². The molecule has 564 valence electrons. The lowest BCUT2D eigenvalue weighted by Gasteiger charge is -2.41. The number of morpholine rings is 1. The molecule has 0 spiro atoms. The lowest BCUT2D eigenvalue weighted by Crippen LogP contribution is -2.64. The van der Waals surface area contributed by atoms with Gasteiger partial charge < -0.3 is 79.8 Å². The van der Waals surface area contributed by atoms with Gasteiger partial charge in [-0.25, -0.2) is 4.79 Å². The van der Waals surface area contributed by atoms with Crippen LogP contribution in [0.1, 0.15) is 163 Å². The Hall–Kier alpha value is -6.94. The maximum atomic E-state index is 15.4. The summed E-state index contributed by atoms with van der Waals surface area (Å²) in [7, 11) is 8.51. The van der Waals surface area contributed by atoms with Crippen LogP contribution in [0.5, 0.6) is 0 Å². The Morgan fingerprint density at radius 2 is 1.00 bits per heavy atom. The molecule has 28 nitrogen and oxygen atoms in total. The number of nitrogens with one attached hydrogen (secondary N) is 4. The predicted molar refractivity (Wildman–Crippen MR) is 374 cm³/mol. The fraction of sp³-hybridized carbons (Fsp3) is 0.803. The van der Waals surface area contributed by atoms with E-state index in [0.29, 0.717) is 26.3 Å². The minimum absolute atomic E-state index is 0.0586. The molecule has 0 aromatic rings. The van der Waals surface area contributed by atoms with Crippen molar-refractivity contribution in [2.45, 2.75) is 241 Å². The average molecular weight is 1400 g/mol. The molecule has 3 fully saturated rings. The van der Waals surface area contributed by atoms with E-state index in [1.165, 1.54) is 90.4 Å². The first-order chi connectivity index (χ1) is 46.2. The molecule has 14 atom stereocenters. The molecule has 99 heavy (non-hydrogen) atoms. The van der Waals surface area contributed by atoms with Crippen molar-refractivity contribution in [3.05, 3.63) is 12.2 Å². The fourth-order valence-corrected chi connectivity index (χ4v) is 13.0. The van der Waals surface area contributed by atoms with Crippen LogP contribution in [-0.2, 0) is 67.0 Å². The molecule has 0 aromatic heterocycles. The molecule has 0 saturated carbocycles. The number of likely N-dealkylation sites (N-methyl/N-ethyl adjacent to an activating group) is 6. The molecule has 0 aromatic carbocycles. The molecule has 12 amide bonds. The highest BCUT2D eigenvalue weighted by atomic mass is 16.6. The number of rotatable bonds is 19. The molecule has 1 unspecified atom stereocenters. The second-order valence-corrected chi connectivity index (χ2v) is 29.8. The van der Waals surface area contributed by atoms with Crippen molar-refractivity contribution in [2.24, 2.45) is 41.4 Å². The summed E-state index contributed by atoms with van der Waals surface area (Å²) in [5.74, 6) is -10.4. The highest BCUT2D eigenvalue weighted by molar-refractivity contribution is 6.00. The third-order valence-corrected chi connectivity index (χ3v) is 19.0. The predicted octanol–water partition coefficient (Wildman–Crippen LogP) is 3.27. The van der Waals surface area contributed by atoms with Crippen molar-refractivity contribution in [1.82, 2.24) is 60.5 Å². The largest absolute Gasteiger partial charge is 0.447 e. The summed E-state index contributed by atoms with van der Waals surface area (Å²) in [6.45, 7) is 30.6. The number of fused-ring (bicyclic) bond motifs is 1. The molecule has 28 heteroatoms. The van der Waals surface area contributed by atoms with Gasteiger partial charge in [0.1, 0.15) is 73.1 Å². The molecular weight excluding hydrogens is 1280 g/mol. The van der Waals surface area contributed by atoms with Gasteiger partial charge in [-0.05, 0) is 101 Å². The second-order valence-electron chi connectivity index (χ2n) is 29.8. The molecule has 3 aliphatic rings. The van der Waals surface area contributed by atoms with Gasteiger partial charge in [0.2, 0.25) is 65.0 Å². The molecule has 3 aliphatic heterocycles. The first-order valence-corrected chi connectivity index (χ1v) is 35.7. The Morgan fingerprint density at radius 3 is 1.49 bits per heavy atom. The summed E-state index contributed by atoms with van der Waals surface area (Å²) in [6, 6.07) is -14.3. The second kappa shape index (κ2) is 39.9. The number of hydrogen-bond donors (Lipinski definition) is 5. The van der Waals surface area contributed by atoms with Gasteiger partial charge in [0.15, 0.2) is 0 Å². The molecule has 0 aliphatic carbocycles. The fourth-order valence-electron chi connectivity index (χ4n) is 13.0. The molecule has 0 bridgehead atoms. The summed E-state index contributed by atoms with van der Waals surface area (Å²) in [4.78, 5) is 188. The van der Waals surface area contributed by atoms with Crippen molar-refractivity contribution in [3.8, 4) is 0 Å². The van der Waals surface area contributed by atoms with Crippen LogP contribution in [0.4, 0.5) is 4.79 Å².